The molecule has 0 aliphatic rings. The van der Waals surface area contributed by atoms with Crippen molar-refractivity contribution in [2.45, 2.75) is 26.2 Å². The molecule has 27 heavy (non-hydrogen) atoms. The van der Waals surface area contributed by atoms with Gasteiger partial charge in [-0.3, -0.25) is 0 Å². The lowest BCUT2D eigenvalue weighted by atomic mass is 9.98. The van der Waals surface area contributed by atoms with Crippen LogP contribution in [0.1, 0.15) is 25.3 Å². The number of nitrogens with zero attached hydrogens (tertiary/aromatic N) is 1. The molecule has 0 saturated heterocycles. The van der Waals surface area contributed by atoms with Gasteiger partial charge in [0.05, 0.1) is 5.16 Å². The summed E-state index contributed by atoms with van der Waals surface area (Å²) < 4.78 is 28.1. The number of isothiocyanates is 1. The lowest BCUT2D eigenvalue weighted by Gasteiger charge is -2.08. The van der Waals surface area contributed by atoms with Gasteiger partial charge in [-0.05, 0) is 65.0 Å². The molecule has 0 bridgehead atoms. The van der Waals surface area contributed by atoms with E-state index >= 15 is 0 Å². The molecule has 0 atom stereocenters. The molecule has 0 N–H and O–H groups in total. The van der Waals surface area contributed by atoms with Crippen molar-refractivity contribution >= 4 is 23.1 Å². The number of rotatable bonds is 6. The fourth-order valence-electron chi connectivity index (χ4n) is 2.98. The largest absolute Gasteiger partial charge is 0.204 e. The zero-order valence-corrected chi connectivity index (χ0v) is 15.8. The predicted octanol–water partition coefficient (Wildman–Crippen LogP) is 7.38. The molecule has 0 aromatic heterocycles. The van der Waals surface area contributed by atoms with Gasteiger partial charge in [-0.1, -0.05) is 61.9 Å². The van der Waals surface area contributed by atoms with E-state index in [-0.39, 0.29) is 0 Å². The first kappa shape index (κ1) is 19.1. The van der Waals surface area contributed by atoms with Crippen LogP contribution in [0, 0.1) is 11.6 Å². The summed E-state index contributed by atoms with van der Waals surface area (Å²) in [7, 11) is 0. The maximum Gasteiger partial charge on any atom is 0.153 e. The van der Waals surface area contributed by atoms with Gasteiger partial charge in [-0.2, -0.15) is 4.99 Å². The van der Waals surface area contributed by atoms with Crippen LogP contribution in [0.3, 0.4) is 0 Å². The maximum atomic E-state index is 14.0. The second kappa shape index (κ2) is 8.81. The number of benzene rings is 3. The molecule has 0 heterocycles. The zero-order chi connectivity index (χ0) is 19.2. The van der Waals surface area contributed by atoms with Crippen molar-refractivity contribution in [1.29, 1.82) is 0 Å². The summed E-state index contributed by atoms with van der Waals surface area (Å²) in [6.45, 7) is 2.19. The van der Waals surface area contributed by atoms with E-state index in [1.165, 1.54) is 30.5 Å². The van der Waals surface area contributed by atoms with Crippen LogP contribution in [-0.2, 0) is 6.42 Å². The highest BCUT2D eigenvalue weighted by Gasteiger charge is 2.11. The van der Waals surface area contributed by atoms with Gasteiger partial charge in [0.15, 0.2) is 11.6 Å². The lowest BCUT2D eigenvalue weighted by molar-refractivity contribution is 0.588. The number of aliphatic imine (C=N–C) groups is 1. The number of halogens is 2. The van der Waals surface area contributed by atoms with E-state index in [4.69, 9.17) is 0 Å². The summed E-state index contributed by atoms with van der Waals surface area (Å²) in [4.78, 5) is 3.43. The molecule has 0 spiro atoms. The van der Waals surface area contributed by atoms with Gasteiger partial charge in [0.25, 0.3) is 0 Å². The average molecular weight is 379 g/mol. The minimum Gasteiger partial charge on any atom is -0.204 e. The molecule has 0 amide bonds. The summed E-state index contributed by atoms with van der Waals surface area (Å²) in [6.07, 6.45) is 3.47. The Morgan fingerprint density at radius 2 is 1.30 bits per heavy atom. The quantitative estimate of drug-likeness (QED) is 0.321. The standard InChI is InChI=1S/C23H19F2NS/c1-2-3-4-16-5-7-17(8-6-16)18-9-11-19(12-10-18)20-13-21(24)23(26-15-27)22(25)14-20/h5-14H,2-4H2,1H3. The van der Waals surface area contributed by atoms with E-state index in [1.54, 1.807) is 0 Å². The van der Waals surface area contributed by atoms with Gasteiger partial charge >= 0.3 is 0 Å². The molecule has 0 radical (unpaired) electrons. The Morgan fingerprint density at radius 3 is 1.78 bits per heavy atom. The molecule has 0 saturated carbocycles. The Labute approximate surface area is 163 Å². The van der Waals surface area contributed by atoms with Crippen molar-refractivity contribution in [2.24, 2.45) is 4.99 Å². The van der Waals surface area contributed by atoms with Crippen molar-refractivity contribution in [3.05, 3.63) is 77.9 Å². The van der Waals surface area contributed by atoms with Crippen molar-refractivity contribution in [3.63, 3.8) is 0 Å². The van der Waals surface area contributed by atoms with E-state index in [0.29, 0.717) is 5.56 Å². The molecule has 136 valence electrons. The van der Waals surface area contributed by atoms with Crippen LogP contribution >= 0.6 is 12.2 Å². The van der Waals surface area contributed by atoms with Crippen LogP contribution < -0.4 is 0 Å². The summed E-state index contributed by atoms with van der Waals surface area (Å²) in [5, 5.41) is 1.99. The molecule has 1 nitrogen and oxygen atoms in total. The smallest absolute Gasteiger partial charge is 0.153 e. The highest BCUT2D eigenvalue weighted by atomic mass is 32.1. The first-order valence-corrected chi connectivity index (χ1v) is 9.30. The maximum absolute atomic E-state index is 14.0. The normalized spacial score (nSPS) is 10.5. The Kier molecular flexibility index (Phi) is 6.23. The first-order chi connectivity index (χ1) is 13.1. The van der Waals surface area contributed by atoms with Crippen LogP contribution in [0.25, 0.3) is 22.3 Å². The third kappa shape index (κ3) is 4.54. The van der Waals surface area contributed by atoms with Crippen LogP contribution in [0.4, 0.5) is 14.5 Å². The van der Waals surface area contributed by atoms with E-state index in [1.807, 2.05) is 29.4 Å². The first-order valence-electron chi connectivity index (χ1n) is 8.89. The minimum atomic E-state index is -0.755. The van der Waals surface area contributed by atoms with Crippen LogP contribution in [0.5, 0.6) is 0 Å². The van der Waals surface area contributed by atoms with Crippen molar-refractivity contribution < 1.29 is 8.78 Å². The van der Waals surface area contributed by atoms with Gasteiger partial charge in [0.1, 0.15) is 5.69 Å². The van der Waals surface area contributed by atoms with Crippen LogP contribution in [0.2, 0.25) is 0 Å². The van der Waals surface area contributed by atoms with Crippen LogP contribution in [0.15, 0.2) is 65.7 Å². The molecule has 0 fully saturated rings. The van der Waals surface area contributed by atoms with Crippen LogP contribution in [-0.4, -0.2) is 5.16 Å². The van der Waals surface area contributed by atoms with E-state index in [9.17, 15) is 8.78 Å². The molecular formula is C23H19F2NS. The van der Waals surface area contributed by atoms with E-state index < -0.39 is 17.3 Å². The highest BCUT2D eigenvalue weighted by molar-refractivity contribution is 7.78. The molecule has 0 aliphatic heterocycles. The number of thiocarbonyl (C=S) groups is 1. The Morgan fingerprint density at radius 1 is 0.815 bits per heavy atom. The predicted molar refractivity (Wildman–Crippen MR) is 111 cm³/mol. The van der Waals surface area contributed by atoms with E-state index in [0.717, 1.165) is 23.1 Å². The SMILES string of the molecule is CCCCc1ccc(-c2ccc(-c3cc(F)c(N=C=S)c(F)c3)cc2)cc1. The van der Waals surface area contributed by atoms with Gasteiger partial charge in [0.2, 0.25) is 0 Å². The fourth-order valence-corrected chi connectivity index (χ4v) is 3.08. The van der Waals surface area contributed by atoms with Gasteiger partial charge in [-0.25, -0.2) is 8.78 Å². The minimum absolute atomic E-state index is 0.409. The van der Waals surface area contributed by atoms with E-state index in [2.05, 4.69) is 48.4 Å². The number of unbranched alkanes of at least 4 members (excludes halogenated alkanes) is 1. The third-order valence-corrected chi connectivity index (χ3v) is 4.59. The Bertz CT molecular complexity index is 949. The summed E-state index contributed by atoms with van der Waals surface area (Å²) in [5.74, 6) is -1.51. The number of aryl methyl sites for hydroxylation is 1. The average Bonchev–Trinajstić information content (AvgIpc) is 2.69. The molecule has 3 aromatic carbocycles. The van der Waals surface area contributed by atoms with Gasteiger partial charge in [0, 0.05) is 0 Å². The molecular weight excluding hydrogens is 360 g/mol. The van der Waals surface area contributed by atoms with Gasteiger partial charge in [-0.15, -0.1) is 0 Å². The number of hydrogen-bond donors (Lipinski definition) is 0. The topological polar surface area (TPSA) is 12.4 Å². The zero-order valence-electron chi connectivity index (χ0n) is 15.0. The van der Waals surface area contributed by atoms with Gasteiger partial charge < -0.3 is 0 Å². The highest BCUT2D eigenvalue weighted by Crippen LogP contribution is 2.30. The summed E-state index contributed by atoms with van der Waals surface area (Å²) in [6, 6.07) is 18.7. The van der Waals surface area contributed by atoms with Crippen molar-refractivity contribution in [2.75, 3.05) is 0 Å². The van der Waals surface area contributed by atoms with Crippen molar-refractivity contribution in [3.8, 4) is 22.3 Å². The lowest BCUT2D eigenvalue weighted by Crippen LogP contribution is -1.88. The Hall–Kier alpha value is -2.68. The summed E-state index contributed by atoms with van der Waals surface area (Å²) >= 11 is 4.42. The third-order valence-electron chi connectivity index (χ3n) is 4.50. The molecule has 0 unspecified atom stereocenters. The second-order valence-electron chi connectivity index (χ2n) is 6.37. The number of hydrogen-bond acceptors (Lipinski definition) is 2. The Balaban J connectivity index is 1.84. The molecule has 4 heteroatoms. The summed E-state index contributed by atoms with van der Waals surface area (Å²) in [5.41, 5.74) is 4.29. The molecule has 3 aromatic rings. The molecule has 3 rings (SSSR count). The second-order valence-corrected chi connectivity index (χ2v) is 6.55. The monoisotopic (exact) mass is 379 g/mol. The fraction of sp³-hybridized carbons (Fsp3) is 0.174. The van der Waals surface area contributed by atoms with Crippen molar-refractivity contribution in [1.82, 2.24) is 0 Å². The molecule has 0 aliphatic carbocycles.